The van der Waals surface area contributed by atoms with E-state index in [0.29, 0.717) is 0 Å². The Bertz CT molecular complexity index is 492. The lowest BCUT2D eigenvalue weighted by Gasteiger charge is -2.05. The maximum absolute atomic E-state index is 5.98. The van der Waals surface area contributed by atoms with Gasteiger partial charge in [-0.15, -0.1) is 0 Å². The number of hydrogen-bond donors (Lipinski definition) is 0. The molecule has 2 aromatic carbocycles. The van der Waals surface area contributed by atoms with Crippen LogP contribution in [0.3, 0.4) is 0 Å². The van der Waals surface area contributed by atoms with E-state index in [0.717, 1.165) is 16.5 Å². The number of hydrogen-bond acceptors (Lipinski definition) is 0. The molecule has 0 fully saturated rings. The first-order valence-corrected chi connectivity index (χ1v) is 6.67. The van der Waals surface area contributed by atoms with E-state index >= 15 is 0 Å². The zero-order chi connectivity index (χ0) is 11.5. The minimum Gasteiger partial charge on any atom is -0.0843 e. The van der Waals surface area contributed by atoms with Crippen LogP contribution in [0.4, 0.5) is 0 Å². The molecule has 0 amide bonds. The highest BCUT2D eigenvalue weighted by molar-refractivity contribution is 14.1. The molecule has 0 heterocycles. The topological polar surface area (TPSA) is 0 Å². The van der Waals surface area contributed by atoms with Gasteiger partial charge in [-0.1, -0.05) is 35.3 Å². The molecule has 2 rings (SSSR count). The summed E-state index contributed by atoms with van der Waals surface area (Å²) in [6, 6.07) is 13.9. The fraction of sp³-hybridized carbons (Fsp3) is 0.0769. The molecule has 0 saturated carbocycles. The lowest BCUT2D eigenvalue weighted by atomic mass is 10.1. The Morgan fingerprint density at radius 2 is 1.50 bits per heavy atom. The number of benzene rings is 2. The summed E-state index contributed by atoms with van der Waals surface area (Å²) in [4.78, 5) is 0. The van der Waals surface area contributed by atoms with Gasteiger partial charge in [-0.25, -0.2) is 0 Å². The molecule has 0 bridgehead atoms. The summed E-state index contributed by atoms with van der Waals surface area (Å²) in [5, 5.41) is 1.55. The van der Waals surface area contributed by atoms with Crippen molar-refractivity contribution in [1.29, 1.82) is 0 Å². The van der Waals surface area contributed by atoms with E-state index in [1.54, 1.807) is 0 Å². The quantitative estimate of drug-likeness (QED) is 0.645. The minimum absolute atomic E-state index is 0.768. The second-order valence-corrected chi connectivity index (χ2v) is 5.57. The van der Waals surface area contributed by atoms with E-state index in [4.69, 9.17) is 23.2 Å². The van der Waals surface area contributed by atoms with Crippen molar-refractivity contribution in [3.8, 4) is 0 Å². The van der Waals surface area contributed by atoms with Crippen LogP contribution in [0.25, 0.3) is 0 Å². The van der Waals surface area contributed by atoms with Gasteiger partial charge in [0.1, 0.15) is 0 Å². The summed E-state index contributed by atoms with van der Waals surface area (Å²) >= 11 is 14.2. The Morgan fingerprint density at radius 3 is 2.19 bits per heavy atom. The van der Waals surface area contributed by atoms with Crippen molar-refractivity contribution in [3.05, 3.63) is 67.2 Å². The van der Waals surface area contributed by atoms with E-state index in [9.17, 15) is 0 Å². The van der Waals surface area contributed by atoms with E-state index in [2.05, 4.69) is 22.6 Å². The van der Waals surface area contributed by atoms with Gasteiger partial charge in [0.25, 0.3) is 0 Å². The standard InChI is InChI=1S/C13H9Cl2I/c14-11-3-1-9(2-4-11)7-10-8-12(15)5-6-13(10)16/h1-6,8H,7H2. The highest BCUT2D eigenvalue weighted by Crippen LogP contribution is 2.21. The fourth-order valence-electron chi connectivity index (χ4n) is 1.50. The Balaban J connectivity index is 2.26. The highest BCUT2D eigenvalue weighted by atomic mass is 127. The van der Waals surface area contributed by atoms with Gasteiger partial charge in [-0.2, -0.15) is 0 Å². The molecule has 0 saturated heterocycles. The Hall–Kier alpha value is -0.250. The van der Waals surface area contributed by atoms with Gasteiger partial charge in [-0.05, 0) is 70.5 Å². The third kappa shape index (κ3) is 3.12. The van der Waals surface area contributed by atoms with Gasteiger partial charge in [-0.3, -0.25) is 0 Å². The van der Waals surface area contributed by atoms with Crippen LogP contribution >= 0.6 is 45.8 Å². The highest BCUT2D eigenvalue weighted by Gasteiger charge is 2.02. The second-order valence-electron chi connectivity index (χ2n) is 3.54. The van der Waals surface area contributed by atoms with E-state index in [-0.39, 0.29) is 0 Å². The first-order chi connectivity index (χ1) is 7.65. The predicted molar refractivity (Wildman–Crippen MR) is 78.4 cm³/mol. The van der Waals surface area contributed by atoms with Crippen LogP contribution in [0.5, 0.6) is 0 Å². The van der Waals surface area contributed by atoms with E-state index in [1.165, 1.54) is 14.7 Å². The molecule has 0 radical (unpaired) electrons. The minimum atomic E-state index is 0.768. The van der Waals surface area contributed by atoms with Crippen molar-refractivity contribution in [1.82, 2.24) is 0 Å². The molecule has 0 aliphatic carbocycles. The zero-order valence-corrected chi connectivity index (χ0v) is 12.1. The molecule has 82 valence electrons. The largest absolute Gasteiger partial charge is 0.0843 e. The van der Waals surface area contributed by atoms with Crippen LogP contribution in [0.15, 0.2) is 42.5 Å². The van der Waals surface area contributed by atoms with Crippen LogP contribution in [-0.2, 0) is 6.42 Å². The van der Waals surface area contributed by atoms with Gasteiger partial charge >= 0.3 is 0 Å². The second kappa shape index (κ2) is 5.39. The summed E-state index contributed by atoms with van der Waals surface area (Å²) in [7, 11) is 0. The molecule has 0 aromatic heterocycles. The summed E-state index contributed by atoms with van der Waals surface area (Å²) in [5.41, 5.74) is 2.49. The molecular weight excluding hydrogens is 354 g/mol. The van der Waals surface area contributed by atoms with E-state index in [1.807, 2.05) is 42.5 Å². The van der Waals surface area contributed by atoms with Crippen LogP contribution < -0.4 is 0 Å². The average molecular weight is 363 g/mol. The summed E-state index contributed by atoms with van der Waals surface area (Å²) in [5.74, 6) is 0. The van der Waals surface area contributed by atoms with Crippen LogP contribution in [0.2, 0.25) is 10.0 Å². The van der Waals surface area contributed by atoms with Crippen LogP contribution in [0.1, 0.15) is 11.1 Å². The van der Waals surface area contributed by atoms with Gasteiger partial charge in [0, 0.05) is 13.6 Å². The normalized spacial score (nSPS) is 10.4. The molecule has 3 heteroatoms. The molecule has 0 unspecified atom stereocenters. The van der Waals surface area contributed by atoms with E-state index < -0.39 is 0 Å². The molecule has 0 aliphatic rings. The predicted octanol–water partition coefficient (Wildman–Crippen LogP) is 5.19. The van der Waals surface area contributed by atoms with Crippen molar-refractivity contribution >= 4 is 45.8 Å². The summed E-state index contributed by atoms with van der Waals surface area (Å²) < 4.78 is 1.23. The van der Waals surface area contributed by atoms with Gasteiger partial charge in [0.2, 0.25) is 0 Å². The zero-order valence-electron chi connectivity index (χ0n) is 8.38. The third-order valence-electron chi connectivity index (χ3n) is 2.32. The van der Waals surface area contributed by atoms with Crippen molar-refractivity contribution < 1.29 is 0 Å². The maximum Gasteiger partial charge on any atom is 0.0409 e. The molecule has 16 heavy (non-hydrogen) atoms. The number of halogens is 3. The monoisotopic (exact) mass is 362 g/mol. The van der Waals surface area contributed by atoms with Crippen LogP contribution in [-0.4, -0.2) is 0 Å². The molecule has 0 spiro atoms. The van der Waals surface area contributed by atoms with Gasteiger partial charge < -0.3 is 0 Å². The molecule has 0 N–H and O–H groups in total. The molecule has 0 nitrogen and oxygen atoms in total. The van der Waals surface area contributed by atoms with Gasteiger partial charge in [0.15, 0.2) is 0 Å². The van der Waals surface area contributed by atoms with Crippen molar-refractivity contribution in [2.75, 3.05) is 0 Å². The Labute approximate surface area is 119 Å². The van der Waals surface area contributed by atoms with Crippen molar-refractivity contribution in [2.45, 2.75) is 6.42 Å². The summed E-state index contributed by atoms with van der Waals surface area (Å²) in [6.45, 7) is 0. The third-order valence-corrected chi connectivity index (χ3v) is 3.86. The number of rotatable bonds is 2. The molecule has 0 atom stereocenters. The van der Waals surface area contributed by atoms with Gasteiger partial charge in [0.05, 0.1) is 0 Å². The van der Waals surface area contributed by atoms with Crippen LogP contribution in [0, 0.1) is 3.57 Å². The molecule has 2 aromatic rings. The SMILES string of the molecule is Clc1ccc(Cc2cc(Cl)ccc2I)cc1. The lowest BCUT2D eigenvalue weighted by Crippen LogP contribution is -1.91. The van der Waals surface area contributed by atoms with Crippen molar-refractivity contribution in [3.63, 3.8) is 0 Å². The first kappa shape index (κ1) is 12.2. The average Bonchev–Trinajstić information content (AvgIpc) is 2.27. The smallest absolute Gasteiger partial charge is 0.0409 e. The molecule has 0 aliphatic heterocycles. The fourth-order valence-corrected chi connectivity index (χ4v) is 2.35. The van der Waals surface area contributed by atoms with Crippen molar-refractivity contribution in [2.24, 2.45) is 0 Å². The first-order valence-electron chi connectivity index (χ1n) is 4.83. The maximum atomic E-state index is 5.98. The summed E-state index contributed by atoms with van der Waals surface area (Å²) in [6.07, 6.45) is 0.885. The Kier molecular flexibility index (Phi) is 4.11. The Morgan fingerprint density at radius 1 is 0.875 bits per heavy atom. The lowest BCUT2D eigenvalue weighted by molar-refractivity contribution is 1.18. The molecular formula is C13H9Cl2I.